The van der Waals surface area contributed by atoms with Crippen molar-refractivity contribution in [3.8, 4) is 0 Å². The van der Waals surface area contributed by atoms with Crippen LogP contribution in [-0.4, -0.2) is 25.5 Å². The van der Waals surface area contributed by atoms with Crippen LogP contribution in [0.25, 0.3) is 10.4 Å². The summed E-state index contributed by atoms with van der Waals surface area (Å²) in [7, 11) is 0. The first-order valence-corrected chi connectivity index (χ1v) is 4.12. The summed E-state index contributed by atoms with van der Waals surface area (Å²) in [5, 5.41) is 3.48. The molecule has 1 saturated heterocycles. The van der Waals surface area contributed by atoms with E-state index in [0.29, 0.717) is 13.2 Å². The lowest BCUT2D eigenvalue weighted by molar-refractivity contribution is -0.153. The van der Waals surface area contributed by atoms with Gasteiger partial charge in [-0.25, -0.2) is 0 Å². The molecule has 5 heteroatoms. The maximum Gasteiger partial charge on any atom is 0.174 e. The van der Waals surface area contributed by atoms with Gasteiger partial charge in [0.25, 0.3) is 0 Å². The number of ether oxygens (including phenoxy) is 2. The summed E-state index contributed by atoms with van der Waals surface area (Å²) in [6.07, 6.45) is 1.74. The average molecular weight is 171 g/mol. The van der Waals surface area contributed by atoms with E-state index in [4.69, 9.17) is 15.0 Å². The molecule has 0 aromatic heterocycles. The molecular weight excluding hydrogens is 158 g/mol. The van der Waals surface area contributed by atoms with Gasteiger partial charge in [0.05, 0.1) is 19.8 Å². The van der Waals surface area contributed by atoms with Crippen molar-refractivity contribution in [2.24, 2.45) is 5.11 Å². The molecule has 0 N–H and O–H groups in total. The van der Waals surface area contributed by atoms with Crippen LogP contribution in [0.3, 0.4) is 0 Å². The molecule has 5 nitrogen and oxygen atoms in total. The third-order valence-electron chi connectivity index (χ3n) is 1.82. The normalized spacial score (nSPS) is 20.4. The lowest BCUT2D eigenvalue weighted by Crippen LogP contribution is -2.33. The summed E-state index contributed by atoms with van der Waals surface area (Å²) >= 11 is 0. The molecule has 0 atom stereocenters. The number of hydrogen-bond donors (Lipinski definition) is 0. The molecule has 0 amide bonds. The van der Waals surface area contributed by atoms with Crippen LogP contribution in [0.4, 0.5) is 0 Å². The van der Waals surface area contributed by atoms with Crippen molar-refractivity contribution in [2.75, 3.05) is 19.8 Å². The fraction of sp³-hybridized carbons (Fsp3) is 1.00. The van der Waals surface area contributed by atoms with Crippen LogP contribution in [0.1, 0.15) is 19.8 Å². The fourth-order valence-corrected chi connectivity index (χ4v) is 1.33. The van der Waals surface area contributed by atoms with Gasteiger partial charge in [0, 0.05) is 11.3 Å². The van der Waals surface area contributed by atoms with Gasteiger partial charge in [-0.3, -0.25) is 0 Å². The highest BCUT2D eigenvalue weighted by atomic mass is 16.7. The van der Waals surface area contributed by atoms with Crippen LogP contribution in [0.5, 0.6) is 0 Å². The molecule has 1 rings (SSSR count). The van der Waals surface area contributed by atoms with E-state index in [1.54, 1.807) is 0 Å². The minimum atomic E-state index is -0.624. The third-order valence-corrected chi connectivity index (χ3v) is 1.82. The van der Waals surface area contributed by atoms with E-state index >= 15 is 0 Å². The van der Waals surface area contributed by atoms with Gasteiger partial charge in [0.15, 0.2) is 5.79 Å². The quantitative estimate of drug-likeness (QED) is 0.368. The first kappa shape index (κ1) is 9.32. The summed E-state index contributed by atoms with van der Waals surface area (Å²) in [6.45, 7) is 3.52. The van der Waals surface area contributed by atoms with Crippen LogP contribution < -0.4 is 0 Å². The van der Waals surface area contributed by atoms with Crippen LogP contribution >= 0.6 is 0 Å². The summed E-state index contributed by atoms with van der Waals surface area (Å²) in [6, 6.07) is 0. The standard InChI is InChI=1S/C7H13N3O2/c1-2-3-7(6-9-10-8)11-4-5-12-7/h2-6H2,1H3. The molecule has 0 bridgehead atoms. The second-order valence-corrected chi connectivity index (χ2v) is 2.75. The van der Waals surface area contributed by atoms with E-state index in [-0.39, 0.29) is 6.54 Å². The Hall–Kier alpha value is -0.770. The Bertz CT molecular complexity index is 183. The first-order valence-electron chi connectivity index (χ1n) is 4.12. The van der Waals surface area contributed by atoms with Crippen molar-refractivity contribution in [3.63, 3.8) is 0 Å². The van der Waals surface area contributed by atoms with E-state index in [1.165, 1.54) is 0 Å². The maximum atomic E-state index is 8.16. The number of hydrogen-bond acceptors (Lipinski definition) is 3. The van der Waals surface area contributed by atoms with Gasteiger partial charge in [0.1, 0.15) is 0 Å². The maximum absolute atomic E-state index is 8.16. The number of nitrogens with zero attached hydrogens (tertiary/aromatic N) is 3. The summed E-state index contributed by atoms with van der Waals surface area (Å²) in [4.78, 5) is 2.69. The Morgan fingerprint density at radius 3 is 2.67 bits per heavy atom. The molecule has 1 fully saturated rings. The van der Waals surface area contributed by atoms with Crippen molar-refractivity contribution in [2.45, 2.75) is 25.6 Å². The Morgan fingerprint density at radius 1 is 1.50 bits per heavy atom. The molecule has 0 aromatic rings. The van der Waals surface area contributed by atoms with Crippen molar-refractivity contribution in [1.29, 1.82) is 0 Å². The van der Waals surface area contributed by atoms with Crippen molar-refractivity contribution < 1.29 is 9.47 Å². The van der Waals surface area contributed by atoms with E-state index in [0.717, 1.165) is 12.8 Å². The minimum absolute atomic E-state index is 0.275. The zero-order chi connectivity index (χ0) is 8.86. The van der Waals surface area contributed by atoms with Gasteiger partial charge in [0.2, 0.25) is 0 Å². The predicted molar refractivity (Wildman–Crippen MR) is 43.6 cm³/mol. The molecule has 1 aliphatic rings. The number of rotatable bonds is 4. The Kier molecular flexibility index (Phi) is 3.34. The predicted octanol–water partition coefficient (Wildman–Crippen LogP) is 1.84. The molecule has 1 aliphatic heterocycles. The van der Waals surface area contributed by atoms with Gasteiger partial charge in [-0.2, -0.15) is 0 Å². The van der Waals surface area contributed by atoms with Crippen LogP contribution in [-0.2, 0) is 9.47 Å². The summed E-state index contributed by atoms with van der Waals surface area (Å²) in [5.41, 5.74) is 8.16. The highest BCUT2D eigenvalue weighted by Gasteiger charge is 2.34. The molecule has 0 spiro atoms. The fourth-order valence-electron chi connectivity index (χ4n) is 1.33. The van der Waals surface area contributed by atoms with E-state index in [9.17, 15) is 0 Å². The van der Waals surface area contributed by atoms with E-state index in [1.807, 2.05) is 6.92 Å². The second-order valence-electron chi connectivity index (χ2n) is 2.75. The topological polar surface area (TPSA) is 67.2 Å². The lowest BCUT2D eigenvalue weighted by atomic mass is 10.1. The van der Waals surface area contributed by atoms with E-state index in [2.05, 4.69) is 10.0 Å². The molecule has 0 radical (unpaired) electrons. The van der Waals surface area contributed by atoms with E-state index < -0.39 is 5.79 Å². The molecule has 1 heterocycles. The Morgan fingerprint density at radius 2 is 2.17 bits per heavy atom. The van der Waals surface area contributed by atoms with Gasteiger partial charge in [-0.1, -0.05) is 18.5 Å². The number of azide groups is 1. The highest BCUT2D eigenvalue weighted by molar-refractivity contribution is 4.76. The molecular formula is C7H13N3O2. The van der Waals surface area contributed by atoms with Crippen molar-refractivity contribution in [3.05, 3.63) is 10.4 Å². The van der Waals surface area contributed by atoms with Crippen LogP contribution in [0.2, 0.25) is 0 Å². The lowest BCUT2D eigenvalue weighted by Gasteiger charge is -2.24. The molecule has 0 aromatic carbocycles. The highest BCUT2D eigenvalue weighted by Crippen LogP contribution is 2.25. The molecule has 0 saturated carbocycles. The monoisotopic (exact) mass is 171 g/mol. The minimum Gasteiger partial charge on any atom is -0.347 e. The smallest absolute Gasteiger partial charge is 0.174 e. The molecule has 0 unspecified atom stereocenters. The second kappa shape index (κ2) is 4.30. The third kappa shape index (κ3) is 2.11. The Labute approximate surface area is 71.3 Å². The van der Waals surface area contributed by atoms with Gasteiger partial charge in [-0.05, 0) is 5.53 Å². The zero-order valence-electron chi connectivity index (χ0n) is 7.19. The van der Waals surface area contributed by atoms with Gasteiger partial charge in [-0.15, -0.1) is 0 Å². The van der Waals surface area contributed by atoms with Gasteiger partial charge < -0.3 is 9.47 Å². The first-order chi connectivity index (χ1) is 5.83. The molecule has 0 aliphatic carbocycles. The van der Waals surface area contributed by atoms with Crippen LogP contribution in [0, 0.1) is 0 Å². The van der Waals surface area contributed by atoms with Crippen molar-refractivity contribution >= 4 is 0 Å². The van der Waals surface area contributed by atoms with Crippen molar-refractivity contribution in [1.82, 2.24) is 0 Å². The van der Waals surface area contributed by atoms with Gasteiger partial charge >= 0.3 is 0 Å². The molecule has 12 heavy (non-hydrogen) atoms. The largest absolute Gasteiger partial charge is 0.347 e. The Balaban J connectivity index is 2.51. The summed E-state index contributed by atoms with van der Waals surface area (Å²) < 4.78 is 10.8. The SMILES string of the molecule is CCCC1(CN=[N+]=[N-])OCCO1. The summed E-state index contributed by atoms with van der Waals surface area (Å²) in [5.74, 6) is -0.624. The zero-order valence-corrected chi connectivity index (χ0v) is 7.19. The molecule has 68 valence electrons. The average Bonchev–Trinajstić information content (AvgIpc) is 2.51. The van der Waals surface area contributed by atoms with Crippen LogP contribution in [0.15, 0.2) is 5.11 Å².